The normalized spacial score (nSPS) is 16.1. The van der Waals surface area contributed by atoms with Crippen LogP contribution in [0.2, 0.25) is 0 Å². The minimum atomic E-state index is -0.147. The highest BCUT2D eigenvalue weighted by molar-refractivity contribution is 7.99. The van der Waals surface area contributed by atoms with Gasteiger partial charge in [0.05, 0.1) is 11.7 Å². The van der Waals surface area contributed by atoms with Gasteiger partial charge >= 0.3 is 0 Å². The van der Waals surface area contributed by atoms with E-state index in [1.165, 1.54) is 0 Å². The first kappa shape index (κ1) is 17.7. The minimum absolute atomic E-state index is 0.0664. The van der Waals surface area contributed by atoms with E-state index in [2.05, 4.69) is 10.3 Å². The summed E-state index contributed by atoms with van der Waals surface area (Å²) in [6.07, 6.45) is 0.274. The van der Waals surface area contributed by atoms with Gasteiger partial charge in [-0.1, -0.05) is 37.7 Å². The van der Waals surface area contributed by atoms with Crippen molar-refractivity contribution in [2.75, 3.05) is 11.1 Å². The fourth-order valence-corrected chi connectivity index (χ4v) is 4.07. The second-order valence-electron chi connectivity index (χ2n) is 6.79. The summed E-state index contributed by atoms with van der Waals surface area (Å²) in [4.78, 5) is 29.5. The second kappa shape index (κ2) is 7.04. The highest BCUT2D eigenvalue weighted by Gasteiger charge is 2.28. The number of aromatic nitrogens is 2. The molecule has 1 aliphatic heterocycles. The Bertz CT molecular complexity index is 873. The zero-order valence-electron chi connectivity index (χ0n) is 15.0. The van der Waals surface area contributed by atoms with Crippen molar-refractivity contribution in [1.82, 2.24) is 9.55 Å². The van der Waals surface area contributed by atoms with E-state index >= 15 is 0 Å². The molecular weight excluding hydrogens is 334 g/mol. The molecule has 25 heavy (non-hydrogen) atoms. The number of rotatable bonds is 4. The van der Waals surface area contributed by atoms with Gasteiger partial charge in [0, 0.05) is 23.9 Å². The standard InChI is InChI=1S/C19H23N3O2S/c1-11(2)16-9-18(24)22-14(10-25-19(22)21-16)8-17(23)20-15-7-5-6-12(3)13(15)4/h5-7,9,11,14H,8,10H2,1-4H3,(H,20,23)/t14-/m0/s1. The Morgan fingerprint density at radius 3 is 2.88 bits per heavy atom. The van der Waals surface area contributed by atoms with Gasteiger partial charge in [-0.25, -0.2) is 4.98 Å². The SMILES string of the molecule is Cc1cccc(NC(=O)C[C@H]2CSc3nc(C(C)C)cc(=O)n32)c1C. The molecule has 2 aromatic rings. The summed E-state index contributed by atoms with van der Waals surface area (Å²) in [5.74, 6) is 0.835. The van der Waals surface area contributed by atoms with Crippen LogP contribution in [0, 0.1) is 13.8 Å². The van der Waals surface area contributed by atoms with Crippen molar-refractivity contribution in [1.29, 1.82) is 0 Å². The molecule has 6 heteroatoms. The van der Waals surface area contributed by atoms with Gasteiger partial charge in [-0.15, -0.1) is 0 Å². The van der Waals surface area contributed by atoms with Crippen LogP contribution < -0.4 is 10.9 Å². The molecule has 0 bridgehead atoms. The van der Waals surface area contributed by atoms with Gasteiger partial charge in [-0.3, -0.25) is 14.2 Å². The first-order chi connectivity index (χ1) is 11.9. The van der Waals surface area contributed by atoms with E-state index in [1.54, 1.807) is 22.4 Å². The van der Waals surface area contributed by atoms with Crippen LogP contribution in [-0.4, -0.2) is 21.2 Å². The zero-order valence-corrected chi connectivity index (χ0v) is 15.8. The van der Waals surface area contributed by atoms with Gasteiger partial charge in [-0.2, -0.15) is 0 Å². The summed E-state index contributed by atoms with van der Waals surface area (Å²) >= 11 is 1.55. The minimum Gasteiger partial charge on any atom is -0.326 e. The number of hydrogen-bond acceptors (Lipinski definition) is 4. The molecule has 1 aromatic heterocycles. The molecule has 0 radical (unpaired) electrons. The number of carbonyl (C=O) groups is 1. The lowest BCUT2D eigenvalue weighted by Crippen LogP contribution is -2.28. The van der Waals surface area contributed by atoms with Crippen molar-refractivity contribution < 1.29 is 4.79 Å². The Morgan fingerprint density at radius 2 is 2.16 bits per heavy atom. The van der Waals surface area contributed by atoms with Crippen molar-refractivity contribution in [3.63, 3.8) is 0 Å². The highest BCUT2D eigenvalue weighted by atomic mass is 32.2. The number of carbonyl (C=O) groups excluding carboxylic acids is 1. The van der Waals surface area contributed by atoms with Crippen molar-refractivity contribution in [3.05, 3.63) is 51.4 Å². The summed E-state index contributed by atoms with van der Waals surface area (Å²) in [7, 11) is 0. The van der Waals surface area contributed by atoms with E-state index in [9.17, 15) is 9.59 Å². The average Bonchev–Trinajstić information content (AvgIpc) is 2.95. The fourth-order valence-electron chi connectivity index (χ4n) is 2.92. The van der Waals surface area contributed by atoms with Crippen LogP contribution in [0.25, 0.3) is 0 Å². The molecule has 1 amide bonds. The smallest absolute Gasteiger partial charge is 0.254 e. The topological polar surface area (TPSA) is 64.0 Å². The third-order valence-corrected chi connectivity index (χ3v) is 5.70. The molecule has 1 aliphatic rings. The molecule has 0 unspecified atom stereocenters. The first-order valence-electron chi connectivity index (χ1n) is 8.49. The third kappa shape index (κ3) is 3.63. The lowest BCUT2D eigenvalue weighted by molar-refractivity contribution is -0.116. The number of amides is 1. The molecule has 2 heterocycles. The van der Waals surface area contributed by atoms with Crippen molar-refractivity contribution in [2.24, 2.45) is 0 Å². The van der Waals surface area contributed by atoms with E-state index in [-0.39, 0.29) is 29.8 Å². The first-order valence-corrected chi connectivity index (χ1v) is 9.47. The van der Waals surface area contributed by atoms with Crippen molar-refractivity contribution in [3.8, 4) is 0 Å². The zero-order chi connectivity index (χ0) is 18.1. The van der Waals surface area contributed by atoms with Crippen LogP contribution in [0.15, 0.2) is 34.2 Å². The van der Waals surface area contributed by atoms with Crippen LogP contribution in [0.1, 0.15) is 49.0 Å². The van der Waals surface area contributed by atoms with Crippen LogP contribution in [0.3, 0.4) is 0 Å². The molecule has 1 aromatic carbocycles. The summed E-state index contributed by atoms with van der Waals surface area (Å²) in [5, 5.41) is 3.70. The van der Waals surface area contributed by atoms with Gasteiger partial charge in [0.15, 0.2) is 5.16 Å². The highest BCUT2D eigenvalue weighted by Crippen LogP contribution is 2.33. The molecule has 5 nitrogen and oxygen atoms in total. The Labute approximate surface area is 151 Å². The number of aryl methyl sites for hydroxylation is 1. The monoisotopic (exact) mass is 357 g/mol. The van der Waals surface area contributed by atoms with Crippen molar-refractivity contribution in [2.45, 2.75) is 51.2 Å². The number of nitrogens with one attached hydrogen (secondary N) is 1. The quantitative estimate of drug-likeness (QED) is 0.848. The molecule has 1 N–H and O–H groups in total. The molecule has 0 saturated heterocycles. The Kier molecular flexibility index (Phi) is 4.99. The molecule has 0 aliphatic carbocycles. The van der Waals surface area contributed by atoms with E-state index < -0.39 is 0 Å². The third-order valence-electron chi connectivity index (χ3n) is 4.60. The average molecular weight is 357 g/mol. The fraction of sp³-hybridized carbons (Fsp3) is 0.421. The van der Waals surface area contributed by atoms with E-state index in [4.69, 9.17) is 0 Å². The predicted octanol–water partition coefficient (Wildman–Crippen LogP) is 3.66. The predicted molar refractivity (Wildman–Crippen MR) is 102 cm³/mol. The lowest BCUT2D eigenvalue weighted by Gasteiger charge is -2.15. The number of hydrogen-bond donors (Lipinski definition) is 1. The summed E-state index contributed by atoms with van der Waals surface area (Å²) in [6.45, 7) is 8.06. The van der Waals surface area contributed by atoms with Crippen LogP contribution in [0.4, 0.5) is 5.69 Å². The number of fused-ring (bicyclic) bond motifs is 1. The Hall–Kier alpha value is -2.08. The molecule has 132 valence electrons. The van der Waals surface area contributed by atoms with Crippen molar-refractivity contribution >= 4 is 23.4 Å². The second-order valence-corrected chi connectivity index (χ2v) is 7.78. The van der Waals surface area contributed by atoms with Gasteiger partial charge in [-0.05, 0) is 37.0 Å². The summed E-state index contributed by atoms with van der Waals surface area (Å²) in [5.41, 5.74) is 3.78. The molecule has 0 fully saturated rings. The molecular formula is C19H23N3O2S. The van der Waals surface area contributed by atoms with Crippen LogP contribution >= 0.6 is 11.8 Å². The largest absolute Gasteiger partial charge is 0.326 e. The molecule has 3 rings (SSSR count). The van der Waals surface area contributed by atoms with Crippen LogP contribution in [-0.2, 0) is 4.79 Å². The maximum absolute atomic E-state index is 12.5. The van der Waals surface area contributed by atoms with E-state index in [0.29, 0.717) is 5.75 Å². The maximum atomic E-state index is 12.5. The molecule has 0 saturated carbocycles. The molecule has 1 atom stereocenters. The van der Waals surface area contributed by atoms with E-state index in [0.717, 1.165) is 27.7 Å². The van der Waals surface area contributed by atoms with Gasteiger partial charge in [0.25, 0.3) is 5.56 Å². The summed E-state index contributed by atoms with van der Waals surface area (Å²) < 4.78 is 1.67. The van der Waals surface area contributed by atoms with Gasteiger partial charge in [0.1, 0.15) is 0 Å². The summed E-state index contributed by atoms with van der Waals surface area (Å²) in [6, 6.07) is 7.30. The Balaban J connectivity index is 1.77. The number of benzene rings is 1. The van der Waals surface area contributed by atoms with Gasteiger partial charge in [0.2, 0.25) is 5.91 Å². The lowest BCUT2D eigenvalue weighted by atomic mass is 10.1. The van der Waals surface area contributed by atoms with Crippen LogP contribution in [0.5, 0.6) is 0 Å². The molecule has 0 spiro atoms. The van der Waals surface area contributed by atoms with E-state index in [1.807, 2.05) is 45.9 Å². The maximum Gasteiger partial charge on any atom is 0.254 e. The Morgan fingerprint density at radius 1 is 1.40 bits per heavy atom. The van der Waals surface area contributed by atoms with Gasteiger partial charge < -0.3 is 5.32 Å². The number of nitrogens with zero attached hydrogens (tertiary/aromatic N) is 2. The number of anilines is 1. The number of thioether (sulfide) groups is 1.